The fraction of sp³-hybridized carbons (Fsp3) is 0.259. The number of benzene rings is 2. The van der Waals surface area contributed by atoms with Gasteiger partial charge in [-0.25, -0.2) is 14.3 Å². The topological polar surface area (TPSA) is 86.4 Å². The molecule has 0 amide bonds. The molecule has 2 aromatic heterocycles. The van der Waals surface area contributed by atoms with Crippen LogP contribution in [0.4, 0.5) is 18.9 Å². The van der Waals surface area contributed by atoms with E-state index in [1.807, 2.05) is 0 Å². The number of aromatic nitrogens is 4. The summed E-state index contributed by atoms with van der Waals surface area (Å²) >= 11 is 0. The third kappa shape index (κ3) is 4.78. The first-order valence-electron chi connectivity index (χ1n) is 11.6. The average Bonchev–Trinajstić information content (AvgIpc) is 3.29. The normalized spacial score (nSPS) is 12.1. The lowest BCUT2D eigenvalue weighted by Crippen LogP contribution is -2.41. The molecule has 0 fully saturated rings. The smallest absolute Gasteiger partial charge is 0.386 e. The Labute approximate surface area is 215 Å². The first-order chi connectivity index (χ1) is 17.7. The first-order valence-corrected chi connectivity index (χ1v) is 11.6. The van der Waals surface area contributed by atoms with Gasteiger partial charge in [-0.3, -0.25) is 13.9 Å². The number of rotatable bonds is 5. The standard InChI is InChI=1S/C27H24F3N5O3/c1-16(2)34-24(36)21(15-33(25(34)37)20-8-6-7-17(13-20)27(28,29)30)23-22(26(3,4)38)14-32-35(23)19-11-9-18(31-5)10-12-19/h6-16,38H,1-4H3. The van der Waals surface area contributed by atoms with E-state index in [-0.39, 0.29) is 22.5 Å². The van der Waals surface area contributed by atoms with Crippen molar-refractivity contribution in [3.8, 4) is 22.6 Å². The molecule has 196 valence electrons. The maximum atomic E-state index is 13.7. The predicted molar refractivity (Wildman–Crippen MR) is 136 cm³/mol. The summed E-state index contributed by atoms with van der Waals surface area (Å²) in [7, 11) is 0. The summed E-state index contributed by atoms with van der Waals surface area (Å²) in [4.78, 5) is 30.4. The van der Waals surface area contributed by atoms with E-state index < -0.39 is 34.6 Å². The number of nitrogens with zero attached hydrogens (tertiary/aromatic N) is 5. The fourth-order valence-corrected chi connectivity index (χ4v) is 4.13. The van der Waals surface area contributed by atoms with E-state index in [9.17, 15) is 27.9 Å². The highest BCUT2D eigenvalue weighted by Gasteiger charge is 2.32. The molecule has 0 atom stereocenters. The quantitative estimate of drug-likeness (QED) is 0.363. The van der Waals surface area contributed by atoms with Crippen LogP contribution in [-0.4, -0.2) is 24.0 Å². The molecule has 0 spiro atoms. The predicted octanol–water partition coefficient (Wildman–Crippen LogP) is 5.23. The lowest BCUT2D eigenvalue weighted by Gasteiger charge is -2.21. The van der Waals surface area contributed by atoms with Gasteiger partial charge in [-0.1, -0.05) is 18.2 Å². The van der Waals surface area contributed by atoms with Crippen LogP contribution in [-0.2, 0) is 11.8 Å². The molecule has 1 N–H and O–H groups in total. The first kappa shape index (κ1) is 26.6. The second-order valence-corrected chi connectivity index (χ2v) is 9.52. The Morgan fingerprint density at radius 1 is 1.03 bits per heavy atom. The van der Waals surface area contributed by atoms with E-state index in [0.717, 1.165) is 21.3 Å². The molecule has 0 aliphatic rings. The van der Waals surface area contributed by atoms with Crippen LogP contribution < -0.4 is 11.2 Å². The molecule has 4 rings (SSSR count). The van der Waals surface area contributed by atoms with E-state index in [0.29, 0.717) is 11.4 Å². The minimum atomic E-state index is -4.64. The van der Waals surface area contributed by atoms with Gasteiger partial charge in [-0.05, 0) is 58.0 Å². The van der Waals surface area contributed by atoms with Gasteiger partial charge in [0.25, 0.3) is 5.56 Å². The van der Waals surface area contributed by atoms with Gasteiger partial charge in [0.05, 0.1) is 46.6 Å². The van der Waals surface area contributed by atoms with Gasteiger partial charge in [-0.15, -0.1) is 0 Å². The lowest BCUT2D eigenvalue weighted by molar-refractivity contribution is -0.137. The molecule has 0 aliphatic carbocycles. The average molecular weight is 524 g/mol. The van der Waals surface area contributed by atoms with Crippen molar-refractivity contribution in [3.63, 3.8) is 0 Å². The summed E-state index contributed by atoms with van der Waals surface area (Å²) in [6.07, 6.45) is -2.08. The van der Waals surface area contributed by atoms with E-state index in [4.69, 9.17) is 6.57 Å². The SMILES string of the molecule is [C-]#[N+]c1ccc(-n2ncc(C(C)(C)O)c2-c2cn(-c3cccc(C(F)(F)F)c3)c(=O)n(C(C)C)c2=O)cc1. The van der Waals surface area contributed by atoms with Crippen LogP contribution in [0.3, 0.4) is 0 Å². The molecule has 2 heterocycles. The Hall–Kier alpha value is -4.43. The Bertz CT molecular complexity index is 1660. The van der Waals surface area contributed by atoms with Crippen molar-refractivity contribution in [1.29, 1.82) is 0 Å². The highest BCUT2D eigenvalue weighted by atomic mass is 19.4. The largest absolute Gasteiger partial charge is 0.416 e. The zero-order valence-corrected chi connectivity index (χ0v) is 21.0. The van der Waals surface area contributed by atoms with E-state index in [2.05, 4.69) is 9.94 Å². The second kappa shape index (κ2) is 9.46. The zero-order valence-electron chi connectivity index (χ0n) is 21.0. The Morgan fingerprint density at radius 3 is 2.24 bits per heavy atom. The summed E-state index contributed by atoms with van der Waals surface area (Å²) in [6.45, 7) is 13.4. The van der Waals surface area contributed by atoms with Gasteiger partial charge >= 0.3 is 11.9 Å². The molecule has 4 aromatic rings. The Morgan fingerprint density at radius 2 is 1.68 bits per heavy atom. The summed E-state index contributed by atoms with van der Waals surface area (Å²) < 4.78 is 43.6. The van der Waals surface area contributed by atoms with Gasteiger partial charge in [0, 0.05) is 17.8 Å². The molecule has 8 nitrogen and oxygen atoms in total. The highest BCUT2D eigenvalue weighted by Crippen LogP contribution is 2.33. The van der Waals surface area contributed by atoms with Gasteiger partial charge in [-0.2, -0.15) is 18.3 Å². The molecular formula is C27H24F3N5O3. The molecule has 2 aromatic carbocycles. The van der Waals surface area contributed by atoms with Gasteiger partial charge < -0.3 is 5.11 Å². The van der Waals surface area contributed by atoms with Crippen molar-refractivity contribution >= 4 is 5.69 Å². The molecular weight excluding hydrogens is 499 g/mol. The molecule has 0 saturated heterocycles. The number of halogens is 3. The van der Waals surface area contributed by atoms with Crippen LogP contribution in [0, 0.1) is 6.57 Å². The van der Waals surface area contributed by atoms with Crippen LogP contribution in [0.5, 0.6) is 0 Å². The van der Waals surface area contributed by atoms with Gasteiger partial charge in [0.2, 0.25) is 0 Å². The minimum absolute atomic E-state index is 0.0559. The maximum absolute atomic E-state index is 13.7. The van der Waals surface area contributed by atoms with Gasteiger partial charge in [0.1, 0.15) is 0 Å². The number of hydrogen-bond acceptors (Lipinski definition) is 4. The molecule has 0 aliphatic heterocycles. The molecule has 11 heteroatoms. The Kier molecular flexibility index (Phi) is 6.63. The molecule has 0 unspecified atom stereocenters. The van der Waals surface area contributed by atoms with Crippen LogP contribution in [0.15, 0.2) is 70.5 Å². The van der Waals surface area contributed by atoms with Crippen LogP contribution in [0.25, 0.3) is 27.5 Å². The van der Waals surface area contributed by atoms with Crippen molar-refractivity contribution in [3.05, 3.63) is 104 Å². The zero-order chi connectivity index (χ0) is 28.0. The monoisotopic (exact) mass is 523 g/mol. The third-order valence-electron chi connectivity index (χ3n) is 5.99. The summed E-state index contributed by atoms with van der Waals surface area (Å²) in [6, 6.07) is 9.96. The van der Waals surface area contributed by atoms with Crippen molar-refractivity contribution in [2.45, 2.75) is 45.5 Å². The molecule has 0 saturated carbocycles. The van der Waals surface area contributed by atoms with Crippen molar-refractivity contribution < 1.29 is 18.3 Å². The van der Waals surface area contributed by atoms with E-state index >= 15 is 0 Å². The fourth-order valence-electron chi connectivity index (χ4n) is 4.13. The van der Waals surface area contributed by atoms with Crippen molar-refractivity contribution in [2.24, 2.45) is 0 Å². The number of hydrogen-bond donors (Lipinski definition) is 1. The third-order valence-corrected chi connectivity index (χ3v) is 5.99. The van der Waals surface area contributed by atoms with Crippen molar-refractivity contribution in [2.75, 3.05) is 0 Å². The minimum Gasteiger partial charge on any atom is -0.386 e. The molecule has 0 bridgehead atoms. The molecule has 38 heavy (non-hydrogen) atoms. The van der Waals surface area contributed by atoms with Crippen LogP contribution in [0.2, 0.25) is 0 Å². The van der Waals surface area contributed by atoms with Gasteiger partial charge in [0.15, 0.2) is 5.69 Å². The number of alkyl halides is 3. The van der Waals surface area contributed by atoms with Crippen molar-refractivity contribution in [1.82, 2.24) is 18.9 Å². The molecule has 0 radical (unpaired) electrons. The number of aliphatic hydroxyl groups is 1. The van der Waals surface area contributed by atoms with E-state index in [1.165, 1.54) is 43.1 Å². The second-order valence-electron chi connectivity index (χ2n) is 9.52. The highest BCUT2D eigenvalue weighted by molar-refractivity contribution is 5.66. The summed E-state index contributed by atoms with van der Waals surface area (Å²) in [5.74, 6) is 0. The van der Waals surface area contributed by atoms with Crippen LogP contribution in [0.1, 0.15) is 44.9 Å². The van der Waals surface area contributed by atoms with Crippen LogP contribution >= 0.6 is 0 Å². The lowest BCUT2D eigenvalue weighted by atomic mass is 9.96. The Balaban J connectivity index is 2.10. The summed E-state index contributed by atoms with van der Waals surface area (Å²) in [5.41, 5.74) is -2.81. The van der Waals surface area contributed by atoms with E-state index in [1.54, 1.807) is 38.1 Å². The summed E-state index contributed by atoms with van der Waals surface area (Å²) in [5, 5.41) is 15.3. The maximum Gasteiger partial charge on any atom is 0.416 e.